The average Bonchev–Trinajstić information content (AvgIpc) is 2.18. The minimum absolute atomic E-state index is 0.265. The zero-order valence-corrected chi connectivity index (χ0v) is 8.62. The van der Waals surface area contributed by atoms with Crippen LogP contribution >= 0.6 is 0 Å². The van der Waals surface area contributed by atoms with E-state index < -0.39 is 0 Å². The molecule has 0 N–H and O–H groups in total. The number of pyridine rings is 1. The van der Waals surface area contributed by atoms with Gasteiger partial charge in [0.05, 0.1) is 7.11 Å². The van der Waals surface area contributed by atoms with E-state index in [2.05, 4.69) is 4.98 Å². The predicted octanol–water partition coefficient (Wildman–Crippen LogP) is 2.00. The van der Waals surface area contributed by atoms with Crippen LogP contribution in [0, 0.1) is 0 Å². The van der Waals surface area contributed by atoms with Gasteiger partial charge in [0.15, 0.2) is 0 Å². The molecule has 3 nitrogen and oxygen atoms in total. The molecule has 0 fully saturated rings. The van der Waals surface area contributed by atoms with E-state index in [-0.39, 0.29) is 5.78 Å². The third-order valence-corrected chi connectivity index (χ3v) is 1.94. The van der Waals surface area contributed by atoms with Gasteiger partial charge in [-0.3, -0.25) is 4.79 Å². The Morgan fingerprint density at radius 3 is 3.00 bits per heavy atom. The number of carbonyl (C=O) groups is 1. The number of ketones is 1. The average molecular weight is 193 g/mol. The lowest BCUT2D eigenvalue weighted by Gasteiger charge is -2.02. The standard InChI is InChI=1S/C11H15NO2/c1-3-4-10(13)7-9-5-6-12-11(8-9)14-2/h5-6,8H,3-4,7H2,1-2H3. The number of Topliss-reactive ketones (excluding diaryl/α,β-unsaturated/α-hetero) is 1. The smallest absolute Gasteiger partial charge is 0.213 e. The number of hydrogen-bond donors (Lipinski definition) is 0. The molecule has 14 heavy (non-hydrogen) atoms. The first-order valence-corrected chi connectivity index (χ1v) is 4.77. The Labute approximate surface area is 84.1 Å². The van der Waals surface area contributed by atoms with Crippen molar-refractivity contribution >= 4 is 5.78 Å². The molecule has 1 rings (SSSR count). The van der Waals surface area contributed by atoms with Gasteiger partial charge in [-0.05, 0) is 18.1 Å². The summed E-state index contributed by atoms with van der Waals surface area (Å²) in [6, 6.07) is 3.64. The summed E-state index contributed by atoms with van der Waals surface area (Å²) in [7, 11) is 1.57. The molecule has 0 radical (unpaired) electrons. The minimum Gasteiger partial charge on any atom is -0.481 e. The van der Waals surface area contributed by atoms with Crippen LogP contribution in [-0.2, 0) is 11.2 Å². The molecule has 0 saturated carbocycles. The second kappa shape index (κ2) is 5.37. The molecule has 1 aromatic rings. The SMILES string of the molecule is CCCC(=O)Cc1ccnc(OC)c1. The first-order chi connectivity index (χ1) is 6.76. The Hall–Kier alpha value is -1.38. The second-order valence-corrected chi connectivity index (χ2v) is 3.17. The molecule has 0 aliphatic heterocycles. The van der Waals surface area contributed by atoms with Crippen LogP contribution in [0.25, 0.3) is 0 Å². The van der Waals surface area contributed by atoms with Crippen LogP contribution < -0.4 is 4.74 Å². The van der Waals surface area contributed by atoms with Gasteiger partial charge in [0.1, 0.15) is 5.78 Å². The molecule has 0 amide bonds. The van der Waals surface area contributed by atoms with E-state index >= 15 is 0 Å². The molecule has 3 heteroatoms. The van der Waals surface area contributed by atoms with Crippen LogP contribution in [0.3, 0.4) is 0 Å². The fraction of sp³-hybridized carbons (Fsp3) is 0.455. The van der Waals surface area contributed by atoms with E-state index in [1.54, 1.807) is 19.4 Å². The largest absolute Gasteiger partial charge is 0.481 e. The number of carbonyl (C=O) groups excluding carboxylic acids is 1. The minimum atomic E-state index is 0.265. The predicted molar refractivity (Wildman–Crippen MR) is 54.4 cm³/mol. The lowest BCUT2D eigenvalue weighted by atomic mass is 10.1. The quantitative estimate of drug-likeness (QED) is 0.718. The first kappa shape index (κ1) is 10.7. The highest BCUT2D eigenvalue weighted by molar-refractivity contribution is 5.80. The summed E-state index contributed by atoms with van der Waals surface area (Å²) in [5, 5.41) is 0. The zero-order valence-electron chi connectivity index (χ0n) is 8.62. The molecule has 0 aliphatic rings. The maximum Gasteiger partial charge on any atom is 0.213 e. The molecule has 76 valence electrons. The fourth-order valence-electron chi connectivity index (χ4n) is 1.27. The van der Waals surface area contributed by atoms with E-state index in [1.165, 1.54) is 0 Å². The van der Waals surface area contributed by atoms with E-state index in [1.807, 2.05) is 13.0 Å². The van der Waals surface area contributed by atoms with Gasteiger partial charge in [-0.25, -0.2) is 4.98 Å². The summed E-state index contributed by atoms with van der Waals surface area (Å²) in [5.74, 6) is 0.826. The van der Waals surface area contributed by atoms with Crippen molar-refractivity contribution in [3.8, 4) is 5.88 Å². The van der Waals surface area contributed by atoms with Crippen molar-refractivity contribution in [2.24, 2.45) is 0 Å². The van der Waals surface area contributed by atoms with Crippen LogP contribution in [0.1, 0.15) is 25.3 Å². The number of aromatic nitrogens is 1. The van der Waals surface area contributed by atoms with Crippen LogP contribution in [-0.4, -0.2) is 17.9 Å². The van der Waals surface area contributed by atoms with Crippen LogP contribution in [0.4, 0.5) is 0 Å². The Kier molecular flexibility index (Phi) is 4.11. The molecule has 0 spiro atoms. The monoisotopic (exact) mass is 193 g/mol. The molecule has 1 aromatic heterocycles. The first-order valence-electron chi connectivity index (χ1n) is 4.77. The molecule has 0 atom stereocenters. The van der Waals surface area contributed by atoms with Gasteiger partial charge in [0, 0.05) is 25.1 Å². The Morgan fingerprint density at radius 2 is 2.36 bits per heavy atom. The summed E-state index contributed by atoms with van der Waals surface area (Å²) < 4.78 is 4.97. The maximum atomic E-state index is 11.4. The topological polar surface area (TPSA) is 39.2 Å². The van der Waals surface area contributed by atoms with Gasteiger partial charge < -0.3 is 4.74 Å². The van der Waals surface area contributed by atoms with E-state index in [9.17, 15) is 4.79 Å². The van der Waals surface area contributed by atoms with Crippen molar-refractivity contribution in [1.29, 1.82) is 0 Å². The summed E-state index contributed by atoms with van der Waals surface area (Å²) in [5.41, 5.74) is 0.968. The molecular weight excluding hydrogens is 178 g/mol. The number of nitrogens with zero attached hydrogens (tertiary/aromatic N) is 1. The van der Waals surface area contributed by atoms with Crippen molar-refractivity contribution in [1.82, 2.24) is 4.98 Å². The van der Waals surface area contributed by atoms with Crippen molar-refractivity contribution in [3.63, 3.8) is 0 Å². The van der Waals surface area contributed by atoms with Gasteiger partial charge in [-0.1, -0.05) is 6.92 Å². The Morgan fingerprint density at radius 1 is 1.57 bits per heavy atom. The highest BCUT2D eigenvalue weighted by Gasteiger charge is 2.03. The van der Waals surface area contributed by atoms with Gasteiger partial charge >= 0.3 is 0 Å². The third kappa shape index (κ3) is 3.17. The van der Waals surface area contributed by atoms with Crippen LogP contribution in [0.15, 0.2) is 18.3 Å². The van der Waals surface area contributed by atoms with Crippen LogP contribution in [0.2, 0.25) is 0 Å². The van der Waals surface area contributed by atoms with E-state index in [4.69, 9.17) is 4.74 Å². The molecular formula is C11H15NO2. The molecule has 0 aromatic carbocycles. The summed E-state index contributed by atoms with van der Waals surface area (Å²) in [6.45, 7) is 2.00. The maximum absolute atomic E-state index is 11.4. The normalized spacial score (nSPS) is 9.86. The van der Waals surface area contributed by atoms with Crippen molar-refractivity contribution < 1.29 is 9.53 Å². The summed E-state index contributed by atoms with van der Waals surface area (Å²) in [6.07, 6.45) is 3.69. The zero-order chi connectivity index (χ0) is 10.4. The van der Waals surface area contributed by atoms with Crippen molar-refractivity contribution in [3.05, 3.63) is 23.9 Å². The number of hydrogen-bond acceptors (Lipinski definition) is 3. The molecule has 1 heterocycles. The lowest BCUT2D eigenvalue weighted by Crippen LogP contribution is -2.02. The molecule has 0 bridgehead atoms. The number of ether oxygens (including phenoxy) is 1. The number of rotatable bonds is 5. The van der Waals surface area contributed by atoms with Gasteiger partial charge in [-0.15, -0.1) is 0 Å². The van der Waals surface area contributed by atoms with Crippen LogP contribution in [0.5, 0.6) is 5.88 Å². The number of methoxy groups -OCH3 is 1. The molecule has 0 unspecified atom stereocenters. The summed E-state index contributed by atoms with van der Waals surface area (Å²) >= 11 is 0. The highest BCUT2D eigenvalue weighted by Crippen LogP contribution is 2.10. The Bertz CT molecular complexity index is 310. The third-order valence-electron chi connectivity index (χ3n) is 1.94. The lowest BCUT2D eigenvalue weighted by molar-refractivity contribution is -0.118. The molecule has 0 aliphatic carbocycles. The van der Waals surface area contributed by atoms with Crippen molar-refractivity contribution in [2.45, 2.75) is 26.2 Å². The highest BCUT2D eigenvalue weighted by atomic mass is 16.5. The fourth-order valence-corrected chi connectivity index (χ4v) is 1.27. The van der Waals surface area contributed by atoms with Gasteiger partial charge in [0.25, 0.3) is 0 Å². The van der Waals surface area contributed by atoms with Gasteiger partial charge in [0.2, 0.25) is 5.88 Å². The Balaban J connectivity index is 2.62. The van der Waals surface area contributed by atoms with Gasteiger partial charge in [-0.2, -0.15) is 0 Å². The summed E-state index contributed by atoms with van der Waals surface area (Å²) in [4.78, 5) is 15.3. The van der Waals surface area contributed by atoms with E-state index in [0.29, 0.717) is 18.7 Å². The molecule has 0 saturated heterocycles. The van der Waals surface area contributed by atoms with E-state index in [0.717, 1.165) is 12.0 Å². The second-order valence-electron chi connectivity index (χ2n) is 3.17. The van der Waals surface area contributed by atoms with Crippen molar-refractivity contribution in [2.75, 3.05) is 7.11 Å².